The molecular weight excluding hydrogens is 234 g/mol. The first kappa shape index (κ1) is 7.01. The summed E-state index contributed by atoms with van der Waals surface area (Å²) < 4.78 is 55.0. The minimum Gasteiger partial charge on any atom is -0.303 e. The van der Waals surface area contributed by atoms with Gasteiger partial charge in [-0.05, 0) is 19.4 Å². The van der Waals surface area contributed by atoms with Crippen LogP contribution in [-0.4, -0.2) is 11.8 Å². The van der Waals surface area contributed by atoms with Gasteiger partial charge in [-0.25, -0.2) is 0 Å². The van der Waals surface area contributed by atoms with E-state index in [1.165, 1.54) is 6.92 Å². The third-order valence-corrected chi connectivity index (χ3v) is 2.64. The molecular formula is C17H19NO. The van der Waals surface area contributed by atoms with Crippen molar-refractivity contribution in [3.05, 3.63) is 71.2 Å². The third kappa shape index (κ3) is 3.76. The zero-order valence-electron chi connectivity index (χ0n) is 17.8. The van der Waals surface area contributed by atoms with Crippen LogP contribution in [0.4, 0.5) is 0 Å². The second-order valence-corrected chi connectivity index (χ2v) is 4.22. The molecule has 0 saturated carbocycles. The molecule has 0 fully saturated rings. The van der Waals surface area contributed by atoms with Crippen molar-refractivity contribution < 1.29 is 14.4 Å². The summed E-state index contributed by atoms with van der Waals surface area (Å²) in [6, 6.07) is 2.73. The van der Waals surface area contributed by atoms with E-state index in [2.05, 4.69) is 5.32 Å². The highest BCUT2D eigenvalue weighted by Gasteiger charge is 2.14. The number of hydrogen-bond donors (Lipinski definition) is 1. The molecule has 0 aromatic heterocycles. The molecule has 0 bridgehead atoms. The van der Waals surface area contributed by atoms with Gasteiger partial charge >= 0.3 is 0 Å². The fourth-order valence-corrected chi connectivity index (χ4v) is 1.53. The Morgan fingerprint density at radius 2 is 1.89 bits per heavy atom. The normalized spacial score (nSPS) is 18.1. The molecule has 19 heavy (non-hydrogen) atoms. The molecule has 2 nitrogen and oxygen atoms in total. The summed E-state index contributed by atoms with van der Waals surface area (Å²) in [6.07, 6.45) is 0. The molecule has 2 aromatic carbocycles. The quantitative estimate of drug-likeness (QED) is 0.835. The molecule has 1 unspecified atom stereocenters. The van der Waals surface area contributed by atoms with Gasteiger partial charge in [0.2, 0.25) is 0 Å². The van der Waals surface area contributed by atoms with E-state index in [1.54, 1.807) is 24.3 Å². The maximum atomic E-state index is 12.5. The highest BCUT2D eigenvalue weighted by Crippen LogP contribution is 2.07. The standard InChI is InChI=1S/C17H19NO/c1-13-8-10-16(11-9-13)17(19)14(2)18-12-15-6-4-3-5-7-15/h3-11,14,18H,12H2,1-2H3/i3D,4D,5D,6D,7D,12D2. The van der Waals surface area contributed by atoms with Crippen molar-refractivity contribution in [3.63, 3.8) is 0 Å². The van der Waals surface area contributed by atoms with Gasteiger partial charge in [0.1, 0.15) is 0 Å². The van der Waals surface area contributed by atoms with Crippen molar-refractivity contribution in [2.24, 2.45) is 0 Å². The van der Waals surface area contributed by atoms with Gasteiger partial charge in [-0.15, -0.1) is 0 Å². The third-order valence-electron chi connectivity index (χ3n) is 2.64. The number of carbonyl (C=O) groups excluding carboxylic acids is 1. The lowest BCUT2D eigenvalue weighted by atomic mass is 10.0. The number of aryl methyl sites for hydroxylation is 1. The predicted molar refractivity (Wildman–Crippen MR) is 78.3 cm³/mol. The Kier molecular flexibility index (Phi) is 2.33. The zero-order chi connectivity index (χ0) is 19.8. The fourth-order valence-electron chi connectivity index (χ4n) is 1.53. The van der Waals surface area contributed by atoms with Crippen molar-refractivity contribution in [1.82, 2.24) is 5.32 Å². The van der Waals surface area contributed by atoms with Crippen LogP contribution in [0, 0.1) is 6.92 Å². The minimum atomic E-state index is -2.49. The molecule has 0 aliphatic heterocycles. The Morgan fingerprint density at radius 3 is 2.53 bits per heavy atom. The van der Waals surface area contributed by atoms with Gasteiger partial charge in [-0.2, -0.15) is 0 Å². The summed E-state index contributed by atoms with van der Waals surface area (Å²) >= 11 is 0. The van der Waals surface area contributed by atoms with Gasteiger partial charge < -0.3 is 5.32 Å². The number of nitrogens with one attached hydrogen (secondary N) is 1. The summed E-state index contributed by atoms with van der Waals surface area (Å²) in [7, 11) is 0. The summed E-state index contributed by atoms with van der Waals surface area (Å²) in [4.78, 5) is 12.5. The summed E-state index contributed by atoms with van der Waals surface area (Å²) in [6.45, 7) is 0.857. The van der Waals surface area contributed by atoms with E-state index in [0.29, 0.717) is 5.56 Å². The first-order valence-corrected chi connectivity index (χ1v) is 5.93. The average molecular weight is 260 g/mol. The number of Topliss-reactive ketones (excluding diaryl/α,β-unsaturated/α-hetero) is 1. The zero-order valence-corrected chi connectivity index (χ0v) is 10.8. The molecule has 0 amide bonds. The van der Waals surface area contributed by atoms with E-state index >= 15 is 0 Å². The van der Waals surface area contributed by atoms with Crippen LogP contribution in [0.2, 0.25) is 0 Å². The van der Waals surface area contributed by atoms with Gasteiger partial charge in [-0.1, -0.05) is 60.0 Å². The minimum absolute atomic E-state index is 0.360. The van der Waals surface area contributed by atoms with E-state index in [9.17, 15) is 4.79 Å². The lowest BCUT2D eigenvalue weighted by Crippen LogP contribution is -2.33. The maximum absolute atomic E-state index is 12.5. The predicted octanol–water partition coefficient (Wildman–Crippen LogP) is 3.36. The van der Waals surface area contributed by atoms with Gasteiger partial charge in [0.25, 0.3) is 0 Å². The van der Waals surface area contributed by atoms with Gasteiger partial charge in [-0.3, -0.25) is 4.79 Å². The molecule has 0 spiro atoms. The van der Waals surface area contributed by atoms with E-state index in [-0.39, 0.29) is 5.78 Å². The Hall–Kier alpha value is -1.93. The van der Waals surface area contributed by atoms with Crippen LogP contribution < -0.4 is 5.32 Å². The molecule has 2 rings (SSSR count). The molecule has 0 heterocycles. The van der Waals surface area contributed by atoms with Crippen molar-refractivity contribution in [2.75, 3.05) is 0 Å². The van der Waals surface area contributed by atoms with Crippen LogP contribution >= 0.6 is 0 Å². The lowest BCUT2D eigenvalue weighted by Gasteiger charge is -2.13. The molecule has 0 aliphatic rings. The lowest BCUT2D eigenvalue weighted by molar-refractivity contribution is 0.0950. The van der Waals surface area contributed by atoms with Gasteiger partial charge in [0.15, 0.2) is 5.78 Å². The summed E-state index contributed by atoms with van der Waals surface area (Å²) in [5.41, 5.74) is 0.858. The van der Waals surface area contributed by atoms with Crippen LogP contribution in [0.1, 0.15) is 38.0 Å². The van der Waals surface area contributed by atoms with E-state index in [4.69, 9.17) is 9.60 Å². The van der Waals surface area contributed by atoms with Crippen molar-refractivity contribution in [3.8, 4) is 0 Å². The van der Waals surface area contributed by atoms with Crippen LogP contribution in [0.5, 0.6) is 0 Å². The molecule has 2 aromatic rings. The number of ketones is 1. The fraction of sp³-hybridized carbons (Fsp3) is 0.235. The SMILES string of the molecule is [2H]c1c([2H])c([2H])c(C([2H])([2H])NC(C)C(=O)c2ccc(C)cc2)c([2H])c1[2H]. The average Bonchev–Trinajstić information content (AvgIpc) is 2.57. The van der Waals surface area contributed by atoms with Crippen LogP contribution in [0.15, 0.2) is 54.5 Å². The highest BCUT2D eigenvalue weighted by atomic mass is 16.1. The number of carbonyl (C=O) groups is 1. The molecule has 0 radical (unpaired) electrons. The first-order valence-electron chi connectivity index (χ1n) is 9.43. The summed E-state index contributed by atoms with van der Waals surface area (Å²) in [5.74, 6) is -0.360. The van der Waals surface area contributed by atoms with E-state index < -0.39 is 48.3 Å². The van der Waals surface area contributed by atoms with Crippen molar-refractivity contribution in [1.29, 1.82) is 0 Å². The second kappa shape index (κ2) is 6.30. The molecule has 1 atom stereocenters. The van der Waals surface area contributed by atoms with Crippen LogP contribution in [0.3, 0.4) is 0 Å². The Balaban J connectivity index is 2.37. The highest BCUT2D eigenvalue weighted by molar-refractivity contribution is 5.99. The number of benzene rings is 2. The monoisotopic (exact) mass is 260 g/mol. The Labute approximate surface area is 124 Å². The smallest absolute Gasteiger partial charge is 0.179 e. The topological polar surface area (TPSA) is 29.1 Å². The second-order valence-electron chi connectivity index (χ2n) is 4.22. The van der Waals surface area contributed by atoms with Crippen molar-refractivity contribution >= 4 is 5.78 Å². The molecule has 0 aliphatic carbocycles. The van der Waals surface area contributed by atoms with Gasteiger partial charge in [0.05, 0.1) is 12.9 Å². The maximum Gasteiger partial charge on any atom is 0.179 e. The number of hydrogen-bond acceptors (Lipinski definition) is 2. The molecule has 0 saturated heterocycles. The van der Waals surface area contributed by atoms with E-state index in [1.807, 2.05) is 6.92 Å². The molecule has 1 N–H and O–H groups in total. The van der Waals surface area contributed by atoms with Crippen LogP contribution in [0.25, 0.3) is 0 Å². The van der Waals surface area contributed by atoms with Gasteiger partial charge in [0, 0.05) is 14.8 Å². The largest absolute Gasteiger partial charge is 0.303 e. The van der Waals surface area contributed by atoms with Crippen molar-refractivity contribution in [2.45, 2.75) is 26.4 Å². The molecule has 2 heteroatoms. The summed E-state index contributed by atoms with van der Waals surface area (Å²) in [5, 5.41) is 2.46. The Bertz CT molecular complexity index is 820. The molecule has 98 valence electrons. The Morgan fingerprint density at radius 1 is 1.26 bits per heavy atom. The number of rotatable bonds is 5. The first-order chi connectivity index (χ1) is 12.0. The van der Waals surface area contributed by atoms with Crippen LogP contribution in [-0.2, 0) is 6.50 Å². The van der Waals surface area contributed by atoms with E-state index in [0.717, 1.165) is 5.56 Å².